The molecule has 0 saturated carbocycles. The van der Waals surface area contributed by atoms with E-state index >= 15 is 0 Å². The molecule has 3 aromatic carbocycles. The fourth-order valence-corrected chi connectivity index (χ4v) is 6.56. The number of para-hydroxylation sites is 1. The summed E-state index contributed by atoms with van der Waals surface area (Å²) in [6, 6.07) is 15.2. The maximum absolute atomic E-state index is 14.1. The number of hydrogen-bond donors (Lipinski definition) is 0. The molecule has 4 aromatic rings. The Bertz CT molecular complexity index is 1850. The molecule has 1 aromatic heterocycles. The first-order valence-corrected chi connectivity index (χ1v) is 13.4. The quantitative estimate of drug-likeness (QED) is 0.353. The Balaban J connectivity index is 1.42. The number of ketones is 1. The second kappa shape index (κ2) is 9.71. The van der Waals surface area contributed by atoms with Crippen LogP contribution in [0.5, 0.6) is 17.2 Å². The van der Waals surface area contributed by atoms with E-state index in [1.165, 1.54) is 31.4 Å². The van der Waals surface area contributed by atoms with E-state index in [4.69, 9.17) is 19.2 Å². The van der Waals surface area contributed by atoms with Crippen molar-refractivity contribution in [3.8, 4) is 17.2 Å². The van der Waals surface area contributed by atoms with E-state index in [1.807, 2.05) is 24.3 Å². The number of rotatable bonds is 6. The van der Waals surface area contributed by atoms with E-state index in [1.54, 1.807) is 35.8 Å². The zero-order chi connectivity index (χ0) is 28.2. The summed E-state index contributed by atoms with van der Waals surface area (Å²) in [5, 5.41) is 0. The number of fused-ring (bicyclic) bond motifs is 6. The van der Waals surface area contributed by atoms with Gasteiger partial charge in [0.15, 0.2) is 16.4 Å². The van der Waals surface area contributed by atoms with Gasteiger partial charge in [-0.3, -0.25) is 14.2 Å². The number of ether oxygens (including phenoxy) is 3. The van der Waals surface area contributed by atoms with Crippen LogP contribution in [0.4, 0.5) is 8.78 Å². The van der Waals surface area contributed by atoms with Crippen molar-refractivity contribution in [1.82, 2.24) is 4.57 Å². The fourth-order valence-electron chi connectivity index (χ4n) is 5.46. The van der Waals surface area contributed by atoms with Crippen LogP contribution in [0.2, 0.25) is 0 Å². The van der Waals surface area contributed by atoms with Crippen LogP contribution < -0.4 is 29.1 Å². The van der Waals surface area contributed by atoms with Crippen LogP contribution in [0.25, 0.3) is 6.08 Å². The van der Waals surface area contributed by atoms with Crippen LogP contribution in [0.1, 0.15) is 36.6 Å². The lowest BCUT2D eigenvalue weighted by Crippen LogP contribution is -2.58. The standard InChI is InChI=1S/C30H24F2N2O5S/c1-16(35)26-27-20-6-4-5-7-23(20)39-30(26,2)33-29-34(27)28(36)25(40-29)13-17-8-10-22(37-3)18(12-17)15-38-24-11-9-19(31)14-21(24)32/h4-14,26-27H,15H2,1-3H3/b25-13+/t26-,27-,30+/m1/s1. The Morgan fingerprint density at radius 2 is 1.93 bits per heavy atom. The highest BCUT2D eigenvalue weighted by atomic mass is 32.1. The highest BCUT2D eigenvalue weighted by molar-refractivity contribution is 7.07. The average Bonchev–Trinajstić information content (AvgIpc) is 3.20. The Kier molecular flexibility index (Phi) is 6.29. The smallest absolute Gasteiger partial charge is 0.270 e. The maximum atomic E-state index is 14.1. The first kappa shape index (κ1) is 25.9. The first-order valence-electron chi connectivity index (χ1n) is 12.5. The molecule has 0 amide bonds. The molecule has 40 heavy (non-hydrogen) atoms. The number of hydrogen-bond acceptors (Lipinski definition) is 7. The van der Waals surface area contributed by atoms with E-state index in [9.17, 15) is 18.4 Å². The van der Waals surface area contributed by atoms with E-state index in [0.29, 0.717) is 32.0 Å². The van der Waals surface area contributed by atoms with Gasteiger partial charge in [-0.15, -0.1) is 0 Å². The summed E-state index contributed by atoms with van der Waals surface area (Å²) in [4.78, 5) is 31.8. The number of thiazole rings is 1. The molecule has 2 aliphatic heterocycles. The van der Waals surface area contributed by atoms with E-state index in [2.05, 4.69) is 0 Å². The van der Waals surface area contributed by atoms with Crippen molar-refractivity contribution in [2.75, 3.05) is 7.11 Å². The number of Topliss-reactive ketones (excluding diaryl/α,β-unsaturated/α-hetero) is 1. The van der Waals surface area contributed by atoms with Crippen LogP contribution in [0, 0.1) is 17.6 Å². The Hall–Kier alpha value is -4.31. The Labute approximate surface area is 231 Å². The van der Waals surface area contributed by atoms with Gasteiger partial charge in [-0.2, -0.15) is 0 Å². The SMILES string of the molecule is COc1ccc(/C=c2/sc3n(c2=O)[C@@H]2c4ccccc4O[C@](C)(N=3)[C@@H]2C(C)=O)cc1COc1ccc(F)cc1F. The normalized spacial score (nSPS) is 21.1. The summed E-state index contributed by atoms with van der Waals surface area (Å²) < 4.78 is 46.6. The molecular weight excluding hydrogens is 538 g/mol. The number of halogens is 2. The van der Waals surface area contributed by atoms with Crippen LogP contribution in [0.3, 0.4) is 0 Å². The number of methoxy groups -OCH3 is 1. The third kappa shape index (κ3) is 4.28. The Morgan fingerprint density at radius 1 is 1.15 bits per heavy atom. The highest BCUT2D eigenvalue weighted by Gasteiger charge is 2.53. The molecular formula is C30H24F2N2O5S. The van der Waals surface area contributed by atoms with Gasteiger partial charge in [-0.05, 0) is 55.8 Å². The molecule has 204 valence electrons. The van der Waals surface area contributed by atoms with Crippen LogP contribution in [-0.4, -0.2) is 23.2 Å². The van der Waals surface area contributed by atoms with E-state index in [0.717, 1.165) is 17.7 Å². The summed E-state index contributed by atoms with van der Waals surface area (Å²) in [5.74, 6) is -1.26. The monoisotopic (exact) mass is 562 g/mol. The van der Waals surface area contributed by atoms with Gasteiger partial charge in [0.2, 0.25) is 5.72 Å². The van der Waals surface area contributed by atoms with Crippen LogP contribution >= 0.6 is 11.3 Å². The molecule has 3 atom stereocenters. The molecule has 0 unspecified atom stereocenters. The summed E-state index contributed by atoms with van der Waals surface area (Å²) in [6.07, 6.45) is 1.73. The summed E-state index contributed by atoms with van der Waals surface area (Å²) in [5.41, 5.74) is 0.651. The van der Waals surface area contributed by atoms with Crippen molar-refractivity contribution in [2.45, 2.75) is 32.2 Å². The van der Waals surface area contributed by atoms with Gasteiger partial charge in [-0.25, -0.2) is 13.8 Å². The lowest BCUT2D eigenvalue weighted by molar-refractivity contribution is -0.132. The van der Waals surface area contributed by atoms with Gasteiger partial charge in [0.05, 0.1) is 17.7 Å². The predicted octanol–water partition coefficient (Wildman–Crippen LogP) is 4.14. The van der Waals surface area contributed by atoms with Crippen molar-refractivity contribution in [3.63, 3.8) is 0 Å². The van der Waals surface area contributed by atoms with E-state index < -0.39 is 29.3 Å². The second-order valence-electron chi connectivity index (χ2n) is 9.84. The minimum atomic E-state index is -1.14. The fraction of sp³-hybridized carbons (Fsp3) is 0.233. The molecule has 0 spiro atoms. The summed E-state index contributed by atoms with van der Waals surface area (Å²) in [7, 11) is 1.51. The molecule has 0 aliphatic carbocycles. The lowest BCUT2D eigenvalue weighted by atomic mass is 9.79. The van der Waals surface area contributed by atoms with E-state index in [-0.39, 0.29) is 23.7 Å². The molecule has 0 fully saturated rings. The summed E-state index contributed by atoms with van der Waals surface area (Å²) in [6.45, 7) is 3.23. The average molecular weight is 563 g/mol. The number of carbonyl (C=O) groups excluding carboxylic acids is 1. The third-order valence-electron chi connectivity index (χ3n) is 7.20. The summed E-state index contributed by atoms with van der Waals surface area (Å²) >= 11 is 1.22. The highest BCUT2D eigenvalue weighted by Crippen LogP contribution is 2.47. The molecule has 3 heterocycles. The minimum Gasteiger partial charge on any atom is -0.496 e. The molecule has 10 heteroatoms. The third-order valence-corrected chi connectivity index (χ3v) is 8.18. The van der Waals surface area contributed by atoms with Gasteiger partial charge < -0.3 is 14.2 Å². The zero-order valence-corrected chi connectivity index (χ0v) is 22.6. The molecule has 2 bridgehead atoms. The van der Waals surface area contributed by atoms with Crippen LogP contribution in [-0.2, 0) is 11.4 Å². The molecule has 0 N–H and O–H groups in total. The topological polar surface area (TPSA) is 79.1 Å². The van der Waals surface area contributed by atoms with Crippen LogP contribution in [0.15, 0.2) is 70.5 Å². The Morgan fingerprint density at radius 3 is 2.67 bits per heavy atom. The molecule has 0 radical (unpaired) electrons. The number of nitrogens with zero attached hydrogens (tertiary/aromatic N) is 2. The van der Waals surface area contributed by atoms with Gasteiger partial charge >= 0.3 is 0 Å². The minimum absolute atomic E-state index is 0.0441. The van der Waals surface area contributed by atoms with Gasteiger partial charge in [0.1, 0.15) is 35.6 Å². The number of carbonyl (C=O) groups is 1. The molecule has 7 nitrogen and oxygen atoms in total. The molecule has 6 rings (SSSR count). The zero-order valence-electron chi connectivity index (χ0n) is 21.8. The number of aromatic nitrogens is 1. The van der Waals surface area contributed by atoms with Gasteiger partial charge in [-0.1, -0.05) is 35.6 Å². The van der Waals surface area contributed by atoms with Crippen molar-refractivity contribution in [3.05, 3.63) is 109 Å². The molecule has 2 aliphatic rings. The second-order valence-corrected chi connectivity index (χ2v) is 10.9. The molecule has 0 saturated heterocycles. The van der Waals surface area contributed by atoms with Gasteiger partial charge in [0.25, 0.3) is 5.56 Å². The lowest BCUT2D eigenvalue weighted by Gasteiger charge is -2.45. The largest absolute Gasteiger partial charge is 0.496 e. The first-order chi connectivity index (χ1) is 19.2. The van der Waals surface area contributed by atoms with Gasteiger partial charge in [0, 0.05) is 17.2 Å². The number of benzene rings is 3. The maximum Gasteiger partial charge on any atom is 0.270 e. The van der Waals surface area contributed by atoms with Crippen molar-refractivity contribution in [2.24, 2.45) is 10.9 Å². The van der Waals surface area contributed by atoms with Crippen molar-refractivity contribution in [1.29, 1.82) is 0 Å². The van der Waals surface area contributed by atoms with Crippen molar-refractivity contribution < 1.29 is 27.8 Å². The predicted molar refractivity (Wildman–Crippen MR) is 144 cm³/mol. The van der Waals surface area contributed by atoms with Crippen molar-refractivity contribution >= 4 is 23.2 Å².